The number of fused-ring (bicyclic) bond motifs is 1. The number of anilines is 2. The number of rotatable bonds is 2. The Morgan fingerprint density at radius 3 is 1.58 bits per heavy atom. The van der Waals surface area contributed by atoms with E-state index in [4.69, 9.17) is 15.0 Å². The lowest BCUT2D eigenvalue weighted by Crippen LogP contribution is -2.38. The fourth-order valence-corrected chi connectivity index (χ4v) is 2.15. The van der Waals surface area contributed by atoms with Crippen LogP contribution in [0.2, 0.25) is 0 Å². The van der Waals surface area contributed by atoms with Crippen LogP contribution in [-0.2, 0) is 0 Å². The van der Waals surface area contributed by atoms with E-state index in [2.05, 4.69) is 61.8 Å². The third-order valence-corrected chi connectivity index (χ3v) is 3.05. The zero-order chi connectivity index (χ0) is 14.6. The summed E-state index contributed by atoms with van der Waals surface area (Å²) in [7, 11) is 0. The average molecular weight is 266 g/mol. The molecule has 19 heavy (non-hydrogen) atoms. The van der Waals surface area contributed by atoms with Crippen molar-refractivity contribution < 1.29 is 15.0 Å². The molecule has 0 saturated heterocycles. The number of benzene rings is 1. The van der Waals surface area contributed by atoms with Crippen LogP contribution in [-0.4, -0.2) is 35.1 Å². The minimum atomic E-state index is -1.83. The molecule has 0 atom stereocenters. The summed E-state index contributed by atoms with van der Waals surface area (Å²) in [4.78, 5) is 13.5. The van der Waals surface area contributed by atoms with Gasteiger partial charge in [-0.1, -0.05) is 12.1 Å². The molecule has 0 unspecified atom stereocenters. The summed E-state index contributed by atoms with van der Waals surface area (Å²) in [5, 5.41) is 13.9. The number of para-hydroxylation sites is 2. The lowest BCUT2D eigenvalue weighted by molar-refractivity contribution is 0.137. The quantitative estimate of drug-likeness (QED) is 0.859. The molecular weight excluding hydrogens is 244 g/mol. The highest BCUT2D eigenvalue weighted by Gasteiger charge is 2.28. The highest BCUT2D eigenvalue weighted by atomic mass is 16.6. The molecule has 1 aliphatic heterocycles. The molecule has 0 saturated carbocycles. The Bertz CT molecular complexity index is 395. The second kappa shape index (κ2) is 6.31. The highest BCUT2D eigenvalue weighted by Crippen LogP contribution is 2.37. The van der Waals surface area contributed by atoms with Crippen molar-refractivity contribution in [2.75, 3.05) is 16.5 Å². The first-order valence-electron chi connectivity index (χ1n) is 6.38. The van der Waals surface area contributed by atoms with Crippen LogP contribution in [0.1, 0.15) is 27.7 Å². The van der Waals surface area contributed by atoms with Gasteiger partial charge in [-0.2, -0.15) is 0 Å². The molecule has 0 spiro atoms. The maximum absolute atomic E-state index is 8.56. The van der Waals surface area contributed by atoms with Crippen LogP contribution in [0.3, 0.4) is 0 Å². The van der Waals surface area contributed by atoms with E-state index in [0.717, 1.165) is 6.67 Å². The van der Waals surface area contributed by atoms with Gasteiger partial charge in [0.2, 0.25) is 0 Å². The number of carboxylic acid groups (broad SMARTS) is 2. The summed E-state index contributed by atoms with van der Waals surface area (Å²) < 4.78 is 0. The molecule has 1 aromatic rings. The van der Waals surface area contributed by atoms with Gasteiger partial charge in [0.05, 0.1) is 18.0 Å². The maximum Gasteiger partial charge on any atom is 0.503 e. The van der Waals surface area contributed by atoms with E-state index in [1.807, 2.05) is 0 Å². The van der Waals surface area contributed by atoms with Crippen LogP contribution in [0, 0.1) is 0 Å². The van der Waals surface area contributed by atoms with E-state index in [1.165, 1.54) is 11.4 Å². The first-order chi connectivity index (χ1) is 8.84. The smallest absolute Gasteiger partial charge is 0.450 e. The van der Waals surface area contributed by atoms with Gasteiger partial charge in [-0.3, -0.25) is 0 Å². The summed E-state index contributed by atoms with van der Waals surface area (Å²) in [6.07, 6.45) is -1.83. The second-order valence-corrected chi connectivity index (χ2v) is 5.04. The molecule has 1 aliphatic rings. The van der Waals surface area contributed by atoms with Crippen molar-refractivity contribution in [1.82, 2.24) is 0 Å². The van der Waals surface area contributed by atoms with Gasteiger partial charge < -0.3 is 20.0 Å². The van der Waals surface area contributed by atoms with Gasteiger partial charge in [-0.25, -0.2) is 4.79 Å². The normalized spacial score (nSPS) is 13.4. The molecule has 0 aliphatic carbocycles. The molecule has 0 fully saturated rings. The lowest BCUT2D eigenvalue weighted by Gasteiger charge is -2.27. The Labute approximate surface area is 114 Å². The topological polar surface area (TPSA) is 64.0 Å². The number of nitrogens with zero attached hydrogens (tertiary/aromatic N) is 2. The van der Waals surface area contributed by atoms with Crippen LogP contribution < -0.4 is 9.80 Å². The molecule has 1 aromatic carbocycles. The third-order valence-electron chi connectivity index (χ3n) is 3.05. The van der Waals surface area contributed by atoms with Crippen molar-refractivity contribution in [1.29, 1.82) is 0 Å². The second-order valence-electron chi connectivity index (χ2n) is 5.04. The van der Waals surface area contributed by atoms with Crippen molar-refractivity contribution in [3.63, 3.8) is 0 Å². The van der Waals surface area contributed by atoms with Crippen LogP contribution >= 0.6 is 0 Å². The molecular formula is C14H22N2O3. The summed E-state index contributed by atoms with van der Waals surface area (Å²) in [5.74, 6) is 0. The molecule has 0 amide bonds. The van der Waals surface area contributed by atoms with Crippen LogP contribution in [0.15, 0.2) is 24.3 Å². The standard InChI is InChI=1S/C13H20N2.CH2O3/c1-10(2)14-9-15(11(3)4)13-8-6-5-7-12(13)14;2-1(3)4/h5-8,10-11H,9H2,1-4H3;(H2,2,3,4). The Morgan fingerprint density at radius 1 is 1.00 bits per heavy atom. The largest absolute Gasteiger partial charge is 0.503 e. The van der Waals surface area contributed by atoms with Crippen molar-refractivity contribution in [2.24, 2.45) is 0 Å². The van der Waals surface area contributed by atoms with Gasteiger partial charge in [-0.05, 0) is 39.8 Å². The molecule has 2 rings (SSSR count). The first kappa shape index (κ1) is 15.1. The Balaban J connectivity index is 0.000000399. The van der Waals surface area contributed by atoms with Gasteiger partial charge in [0, 0.05) is 12.1 Å². The number of hydrogen-bond donors (Lipinski definition) is 2. The van der Waals surface area contributed by atoms with E-state index in [0.29, 0.717) is 12.1 Å². The summed E-state index contributed by atoms with van der Waals surface area (Å²) in [6.45, 7) is 10.0. The molecule has 5 heteroatoms. The highest BCUT2D eigenvalue weighted by molar-refractivity contribution is 5.76. The summed E-state index contributed by atoms with van der Waals surface area (Å²) >= 11 is 0. The maximum atomic E-state index is 8.56. The van der Waals surface area contributed by atoms with Crippen LogP contribution in [0.25, 0.3) is 0 Å². The van der Waals surface area contributed by atoms with Gasteiger partial charge in [0.15, 0.2) is 0 Å². The van der Waals surface area contributed by atoms with Crippen molar-refractivity contribution in [3.8, 4) is 0 Å². The van der Waals surface area contributed by atoms with Gasteiger partial charge >= 0.3 is 6.16 Å². The molecule has 5 nitrogen and oxygen atoms in total. The zero-order valence-corrected chi connectivity index (χ0v) is 11.9. The third kappa shape index (κ3) is 3.77. The minimum Gasteiger partial charge on any atom is -0.450 e. The lowest BCUT2D eigenvalue weighted by atomic mass is 10.2. The van der Waals surface area contributed by atoms with Gasteiger partial charge in [0.25, 0.3) is 0 Å². The van der Waals surface area contributed by atoms with Gasteiger partial charge in [-0.15, -0.1) is 0 Å². The SMILES string of the molecule is CC(C)N1CN(C(C)C)c2ccccc21.O=C(O)O. The summed E-state index contributed by atoms with van der Waals surface area (Å²) in [6, 6.07) is 9.82. The zero-order valence-electron chi connectivity index (χ0n) is 11.9. The van der Waals surface area contributed by atoms with Crippen molar-refractivity contribution in [2.45, 2.75) is 39.8 Å². The van der Waals surface area contributed by atoms with E-state index in [9.17, 15) is 0 Å². The monoisotopic (exact) mass is 266 g/mol. The fraction of sp³-hybridized carbons (Fsp3) is 0.500. The predicted molar refractivity (Wildman–Crippen MR) is 77.2 cm³/mol. The van der Waals surface area contributed by atoms with E-state index in [1.54, 1.807) is 0 Å². The van der Waals surface area contributed by atoms with E-state index in [-0.39, 0.29) is 0 Å². The van der Waals surface area contributed by atoms with Crippen LogP contribution in [0.5, 0.6) is 0 Å². The fourth-order valence-electron chi connectivity index (χ4n) is 2.15. The minimum absolute atomic E-state index is 0.565. The Morgan fingerprint density at radius 2 is 1.32 bits per heavy atom. The van der Waals surface area contributed by atoms with Crippen LogP contribution in [0.4, 0.5) is 16.2 Å². The molecule has 2 N–H and O–H groups in total. The molecule has 0 radical (unpaired) electrons. The Hall–Kier alpha value is -1.91. The molecule has 1 heterocycles. The average Bonchev–Trinajstić information content (AvgIpc) is 2.67. The van der Waals surface area contributed by atoms with E-state index < -0.39 is 6.16 Å². The van der Waals surface area contributed by atoms with Crippen molar-refractivity contribution in [3.05, 3.63) is 24.3 Å². The molecule has 0 aromatic heterocycles. The summed E-state index contributed by atoms with van der Waals surface area (Å²) in [5.41, 5.74) is 2.75. The number of carbonyl (C=O) groups is 1. The molecule has 0 bridgehead atoms. The van der Waals surface area contributed by atoms with E-state index >= 15 is 0 Å². The van der Waals surface area contributed by atoms with Gasteiger partial charge in [0.1, 0.15) is 0 Å². The Kier molecular flexibility index (Phi) is 5.03. The first-order valence-corrected chi connectivity index (χ1v) is 6.38. The van der Waals surface area contributed by atoms with Crippen molar-refractivity contribution >= 4 is 17.5 Å². The predicted octanol–water partition coefficient (Wildman–Crippen LogP) is 3.31. The molecule has 106 valence electrons. The number of hydrogen-bond acceptors (Lipinski definition) is 3.